The first-order valence-corrected chi connectivity index (χ1v) is 6.39. The summed E-state index contributed by atoms with van der Waals surface area (Å²) in [5.41, 5.74) is 3.80. The van der Waals surface area contributed by atoms with Gasteiger partial charge in [-0.2, -0.15) is 0 Å². The highest BCUT2D eigenvalue weighted by Gasteiger charge is 2.28. The Morgan fingerprint density at radius 2 is 2.21 bits per heavy atom. The predicted molar refractivity (Wildman–Crippen MR) is 74.3 cm³/mol. The highest BCUT2D eigenvalue weighted by molar-refractivity contribution is 6.33. The number of fused-ring (bicyclic) bond motifs is 3. The van der Waals surface area contributed by atoms with Crippen molar-refractivity contribution in [3.63, 3.8) is 0 Å². The van der Waals surface area contributed by atoms with Crippen molar-refractivity contribution < 1.29 is 4.79 Å². The first kappa shape index (κ1) is 12.1. The lowest BCUT2D eigenvalue weighted by Crippen LogP contribution is -2.18. The molecule has 0 fully saturated rings. The Balaban J connectivity index is 2.38. The van der Waals surface area contributed by atoms with Crippen LogP contribution in [0.15, 0.2) is 24.4 Å². The lowest BCUT2D eigenvalue weighted by atomic mass is 9.98. The molecule has 2 aromatic heterocycles. The van der Waals surface area contributed by atoms with E-state index in [-0.39, 0.29) is 11.8 Å². The van der Waals surface area contributed by atoms with Crippen molar-refractivity contribution in [1.82, 2.24) is 9.97 Å². The number of halogens is 1. The van der Waals surface area contributed by atoms with Crippen LogP contribution in [-0.2, 0) is 4.79 Å². The Morgan fingerprint density at radius 1 is 1.42 bits per heavy atom. The van der Waals surface area contributed by atoms with Crippen LogP contribution >= 0.6 is 11.6 Å². The van der Waals surface area contributed by atoms with E-state index >= 15 is 0 Å². The summed E-state index contributed by atoms with van der Waals surface area (Å²) in [5.74, 6) is -0.402. The fourth-order valence-electron chi connectivity index (χ4n) is 2.33. The number of amides is 1. The van der Waals surface area contributed by atoms with Crippen LogP contribution in [0.4, 0.5) is 5.69 Å². The summed E-state index contributed by atoms with van der Waals surface area (Å²) >= 11 is 6.25. The van der Waals surface area contributed by atoms with E-state index in [1.54, 1.807) is 6.20 Å². The Kier molecular flexibility index (Phi) is 2.75. The lowest BCUT2D eigenvalue weighted by Gasteiger charge is -2.10. The van der Waals surface area contributed by atoms with Gasteiger partial charge in [0.25, 0.3) is 0 Å². The quantitative estimate of drug-likeness (QED) is 0.750. The van der Waals surface area contributed by atoms with Crippen LogP contribution in [0.1, 0.15) is 24.2 Å². The van der Waals surface area contributed by atoms with Gasteiger partial charge in [-0.05, 0) is 26.0 Å². The molecule has 3 heterocycles. The Morgan fingerprint density at radius 3 is 3.00 bits per heavy atom. The van der Waals surface area contributed by atoms with Gasteiger partial charge in [-0.25, -0.2) is 4.98 Å². The average Bonchev–Trinajstić information content (AvgIpc) is 2.46. The Bertz CT molecular complexity index is 684. The topological polar surface area (TPSA) is 54.9 Å². The molecule has 1 aliphatic heterocycles. The average molecular weight is 274 g/mol. The van der Waals surface area contributed by atoms with E-state index in [0.29, 0.717) is 10.8 Å². The van der Waals surface area contributed by atoms with E-state index in [9.17, 15) is 4.79 Å². The number of rotatable bonds is 0. The van der Waals surface area contributed by atoms with Crippen LogP contribution in [0.2, 0.25) is 5.15 Å². The Hall–Kier alpha value is -1.94. The van der Waals surface area contributed by atoms with Gasteiger partial charge in [0.1, 0.15) is 5.15 Å². The zero-order valence-electron chi connectivity index (χ0n) is 10.6. The smallest absolute Gasteiger partial charge is 0.233 e. The monoisotopic (exact) mass is 273 g/mol. The van der Waals surface area contributed by atoms with E-state index < -0.39 is 0 Å². The Labute approximate surface area is 115 Å². The summed E-state index contributed by atoms with van der Waals surface area (Å²) in [4.78, 5) is 20.7. The maximum absolute atomic E-state index is 12.1. The number of aryl methyl sites for hydroxylation is 1. The van der Waals surface area contributed by atoms with Gasteiger partial charge >= 0.3 is 0 Å². The van der Waals surface area contributed by atoms with Crippen molar-refractivity contribution in [3.05, 3.63) is 40.9 Å². The molecule has 1 atom stereocenters. The number of hydrogen-bond donors (Lipinski definition) is 1. The van der Waals surface area contributed by atoms with Gasteiger partial charge in [-0.3, -0.25) is 9.78 Å². The summed E-state index contributed by atoms with van der Waals surface area (Å²) in [6.45, 7) is 3.68. The molecule has 0 radical (unpaired) electrons. The molecule has 0 spiro atoms. The largest absolute Gasteiger partial charge is 0.325 e. The molecular formula is C14H12ClN3O. The fraction of sp³-hybridized carbons (Fsp3) is 0.214. The molecule has 96 valence electrons. The van der Waals surface area contributed by atoms with Crippen molar-refractivity contribution >= 4 is 23.2 Å². The third kappa shape index (κ3) is 1.88. The second-order valence-electron chi connectivity index (χ2n) is 4.62. The van der Waals surface area contributed by atoms with Gasteiger partial charge in [0.05, 0.1) is 17.3 Å². The minimum absolute atomic E-state index is 0.0830. The molecule has 4 nitrogen and oxygen atoms in total. The number of anilines is 1. The molecular weight excluding hydrogens is 262 g/mol. The van der Waals surface area contributed by atoms with Crippen LogP contribution in [-0.4, -0.2) is 15.9 Å². The minimum Gasteiger partial charge on any atom is -0.325 e. The number of pyridine rings is 2. The predicted octanol–water partition coefficient (Wildman–Crippen LogP) is 3.16. The first-order chi connectivity index (χ1) is 9.08. The van der Waals surface area contributed by atoms with Gasteiger partial charge in [0.15, 0.2) is 0 Å². The molecule has 1 N–H and O–H groups in total. The zero-order chi connectivity index (χ0) is 13.6. The van der Waals surface area contributed by atoms with Crippen molar-refractivity contribution in [2.75, 3.05) is 5.32 Å². The first-order valence-electron chi connectivity index (χ1n) is 6.01. The number of hydrogen-bond acceptors (Lipinski definition) is 3. The highest BCUT2D eigenvalue weighted by atomic mass is 35.5. The molecule has 0 saturated carbocycles. The molecule has 0 saturated heterocycles. The van der Waals surface area contributed by atoms with Crippen LogP contribution in [0, 0.1) is 6.92 Å². The van der Waals surface area contributed by atoms with Gasteiger partial charge in [-0.15, -0.1) is 0 Å². The molecule has 1 aliphatic rings. The molecule has 5 heteroatoms. The molecule has 0 aromatic carbocycles. The zero-order valence-corrected chi connectivity index (χ0v) is 11.3. The minimum atomic E-state index is -0.319. The number of carbonyl (C=O) groups excluding carboxylic acids is 1. The third-order valence-corrected chi connectivity index (χ3v) is 3.55. The molecule has 0 bridgehead atoms. The standard InChI is InChI=1S/C14H12ClN3O/c1-7-6-10-11(13(15)17-7)9-4-3-5-16-12(9)8(2)14(19)18-10/h3-6,8H,1-2H3,(H,18,19). The third-order valence-electron chi connectivity index (χ3n) is 3.27. The molecule has 1 unspecified atom stereocenters. The normalized spacial score (nSPS) is 17.2. The SMILES string of the molecule is Cc1cc2c(c(Cl)n1)-c1cccnc1C(C)C(=O)N2. The highest BCUT2D eigenvalue weighted by Crippen LogP contribution is 2.40. The van der Waals surface area contributed by atoms with Crippen LogP contribution in [0.3, 0.4) is 0 Å². The van der Waals surface area contributed by atoms with Crippen molar-refractivity contribution in [3.8, 4) is 11.1 Å². The number of carbonyl (C=O) groups is 1. The van der Waals surface area contributed by atoms with E-state index in [0.717, 1.165) is 22.5 Å². The summed E-state index contributed by atoms with van der Waals surface area (Å²) in [6, 6.07) is 5.58. The number of nitrogens with one attached hydrogen (secondary N) is 1. The second-order valence-corrected chi connectivity index (χ2v) is 4.98. The van der Waals surface area contributed by atoms with E-state index in [2.05, 4.69) is 15.3 Å². The summed E-state index contributed by atoms with van der Waals surface area (Å²) < 4.78 is 0. The van der Waals surface area contributed by atoms with E-state index in [1.807, 2.05) is 32.0 Å². The van der Waals surface area contributed by atoms with Crippen LogP contribution in [0.5, 0.6) is 0 Å². The van der Waals surface area contributed by atoms with Crippen molar-refractivity contribution in [2.45, 2.75) is 19.8 Å². The summed E-state index contributed by atoms with van der Waals surface area (Å²) in [5, 5.41) is 3.28. The maximum Gasteiger partial charge on any atom is 0.233 e. The van der Waals surface area contributed by atoms with Crippen molar-refractivity contribution in [1.29, 1.82) is 0 Å². The van der Waals surface area contributed by atoms with Crippen LogP contribution < -0.4 is 5.32 Å². The maximum atomic E-state index is 12.1. The fourth-order valence-corrected chi connectivity index (χ4v) is 2.67. The molecule has 0 aliphatic carbocycles. The van der Waals surface area contributed by atoms with E-state index in [4.69, 9.17) is 11.6 Å². The van der Waals surface area contributed by atoms with E-state index in [1.165, 1.54) is 0 Å². The van der Waals surface area contributed by atoms with Gasteiger partial charge in [0, 0.05) is 23.0 Å². The van der Waals surface area contributed by atoms with Gasteiger partial charge in [0.2, 0.25) is 5.91 Å². The van der Waals surface area contributed by atoms with Gasteiger partial charge < -0.3 is 5.32 Å². The molecule has 19 heavy (non-hydrogen) atoms. The molecule has 3 rings (SSSR count). The molecule has 1 amide bonds. The summed E-state index contributed by atoms with van der Waals surface area (Å²) in [7, 11) is 0. The number of aromatic nitrogens is 2. The number of nitrogens with zero attached hydrogens (tertiary/aromatic N) is 2. The molecule has 2 aromatic rings. The lowest BCUT2D eigenvalue weighted by molar-refractivity contribution is -0.117. The van der Waals surface area contributed by atoms with Crippen LogP contribution in [0.25, 0.3) is 11.1 Å². The second kappa shape index (κ2) is 4.31. The van der Waals surface area contributed by atoms with Gasteiger partial charge in [-0.1, -0.05) is 17.7 Å². The van der Waals surface area contributed by atoms with Crippen molar-refractivity contribution in [2.24, 2.45) is 0 Å². The summed E-state index contributed by atoms with van der Waals surface area (Å²) in [6.07, 6.45) is 1.68.